The second-order valence-electron chi connectivity index (χ2n) is 8.30. The molecule has 0 atom stereocenters. The first-order chi connectivity index (χ1) is 16.3. The maximum absolute atomic E-state index is 13.1. The lowest BCUT2D eigenvalue weighted by Gasteiger charge is -2.29. The average Bonchev–Trinajstić information content (AvgIpc) is 3.18. The van der Waals surface area contributed by atoms with Crippen LogP contribution in [0.2, 0.25) is 0 Å². The lowest BCUT2D eigenvalue weighted by atomic mass is 9.98. The number of hydrogen-bond acceptors (Lipinski definition) is 6. The van der Waals surface area contributed by atoms with Crippen molar-refractivity contribution < 1.29 is 17.9 Å². The molecule has 7 nitrogen and oxygen atoms in total. The third-order valence-corrected chi connectivity index (χ3v) is 9.64. The van der Waals surface area contributed by atoms with Gasteiger partial charge in [0.25, 0.3) is 5.91 Å². The number of thioether (sulfide) groups is 1. The fraction of sp³-hybridized carbons (Fsp3) is 0.417. The van der Waals surface area contributed by atoms with Gasteiger partial charge in [0.05, 0.1) is 22.2 Å². The number of ether oxygens (including phenoxy) is 1. The Morgan fingerprint density at radius 1 is 1.18 bits per heavy atom. The second-order valence-corrected chi connectivity index (χ2v) is 12.2. The first-order valence-electron chi connectivity index (χ1n) is 11.1. The number of thiazole rings is 1. The summed E-state index contributed by atoms with van der Waals surface area (Å²) in [4.78, 5) is 18.6. The highest BCUT2D eigenvalue weighted by molar-refractivity contribution is 7.98. The van der Waals surface area contributed by atoms with Crippen LogP contribution < -0.4 is 9.54 Å². The summed E-state index contributed by atoms with van der Waals surface area (Å²) in [5, 5.41) is 0. The highest BCUT2D eigenvalue weighted by Gasteiger charge is 2.32. The number of piperidine rings is 1. The molecule has 0 saturated carbocycles. The van der Waals surface area contributed by atoms with Gasteiger partial charge in [0.2, 0.25) is 10.0 Å². The number of nitrogens with zero attached hydrogens (tertiary/aromatic N) is 3. The van der Waals surface area contributed by atoms with Crippen molar-refractivity contribution in [1.29, 1.82) is 0 Å². The highest BCUT2D eigenvalue weighted by atomic mass is 32.2. The van der Waals surface area contributed by atoms with Crippen molar-refractivity contribution in [3.05, 3.63) is 52.8 Å². The van der Waals surface area contributed by atoms with Gasteiger partial charge in [-0.3, -0.25) is 4.79 Å². The van der Waals surface area contributed by atoms with Gasteiger partial charge in [-0.2, -0.15) is 21.1 Å². The van der Waals surface area contributed by atoms with Gasteiger partial charge >= 0.3 is 0 Å². The van der Waals surface area contributed by atoms with E-state index in [9.17, 15) is 13.2 Å². The average molecular weight is 520 g/mol. The third kappa shape index (κ3) is 5.25. The molecule has 1 aliphatic heterocycles. The van der Waals surface area contributed by atoms with Crippen molar-refractivity contribution >= 4 is 49.2 Å². The monoisotopic (exact) mass is 519 g/mol. The predicted molar refractivity (Wildman–Crippen MR) is 138 cm³/mol. The Kier molecular flexibility index (Phi) is 7.81. The summed E-state index contributed by atoms with van der Waals surface area (Å²) in [5.41, 5.74) is 2.02. The van der Waals surface area contributed by atoms with Gasteiger partial charge < -0.3 is 9.30 Å². The SMILES string of the molecule is COc1ccc2sc(=NC(=O)C3CCN(S(=O)(=O)c4ccc(C)cc4)CC3)n(CCSC)c2c1. The summed E-state index contributed by atoms with van der Waals surface area (Å²) in [5.74, 6) is 1.21. The van der Waals surface area contributed by atoms with E-state index in [1.807, 2.05) is 25.1 Å². The normalized spacial score (nSPS) is 16.3. The van der Waals surface area contributed by atoms with Crippen LogP contribution in [0, 0.1) is 12.8 Å². The van der Waals surface area contributed by atoms with Crippen LogP contribution in [0.3, 0.4) is 0 Å². The van der Waals surface area contributed by atoms with E-state index in [1.165, 1.54) is 15.6 Å². The van der Waals surface area contributed by atoms with E-state index in [0.29, 0.717) is 35.6 Å². The van der Waals surface area contributed by atoms with Crippen molar-refractivity contribution in [2.24, 2.45) is 10.9 Å². The van der Waals surface area contributed by atoms with Crippen molar-refractivity contribution in [2.75, 3.05) is 32.2 Å². The van der Waals surface area contributed by atoms with Crippen molar-refractivity contribution in [3.8, 4) is 5.75 Å². The van der Waals surface area contributed by atoms with Gasteiger partial charge in [-0.15, -0.1) is 0 Å². The number of sulfonamides is 1. The van der Waals surface area contributed by atoms with E-state index in [-0.39, 0.29) is 11.8 Å². The van der Waals surface area contributed by atoms with Crippen molar-refractivity contribution in [2.45, 2.75) is 31.2 Å². The van der Waals surface area contributed by atoms with E-state index in [2.05, 4.69) is 15.8 Å². The summed E-state index contributed by atoms with van der Waals surface area (Å²) >= 11 is 3.23. The molecule has 1 amide bonds. The molecule has 3 aromatic rings. The molecular formula is C24H29N3O4S3. The number of aromatic nitrogens is 1. The van der Waals surface area contributed by atoms with Gasteiger partial charge in [0, 0.05) is 37.4 Å². The minimum atomic E-state index is -3.55. The molecule has 10 heteroatoms. The summed E-state index contributed by atoms with van der Waals surface area (Å²) < 4.78 is 35.9. The minimum Gasteiger partial charge on any atom is -0.497 e. The Hall–Kier alpha value is -2.14. The number of benzene rings is 2. The Balaban J connectivity index is 1.53. The minimum absolute atomic E-state index is 0.177. The summed E-state index contributed by atoms with van der Waals surface area (Å²) in [6.07, 6.45) is 2.99. The van der Waals surface area contributed by atoms with Gasteiger partial charge in [-0.05, 0) is 50.3 Å². The van der Waals surface area contributed by atoms with Crippen LogP contribution in [-0.2, 0) is 21.4 Å². The van der Waals surface area contributed by atoms with Gasteiger partial charge in [0.1, 0.15) is 5.75 Å². The summed E-state index contributed by atoms with van der Waals surface area (Å²) in [7, 11) is -1.91. The van der Waals surface area contributed by atoms with E-state index < -0.39 is 10.0 Å². The van der Waals surface area contributed by atoms with Crippen LogP contribution in [0.1, 0.15) is 18.4 Å². The van der Waals surface area contributed by atoms with E-state index >= 15 is 0 Å². The molecule has 2 aromatic carbocycles. The fourth-order valence-electron chi connectivity index (χ4n) is 4.05. The molecule has 34 heavy (non-hydrogen) atoms. The molecule has 2 heterocycles. The molecule has 0 spiro atoms. The number of fused-ring (bicyclic) bond motifs is 1. The number of carbonyl (C=O) groups is 1. The topological polar surface area (TPSA) is 81.0 Å². The van der Waals surface area contributed by atoms with Crippen molar-refractivity contribution in [1.82, 2.24) is 8.87 Å². The third-order valence-electron chi connectivity index (χ3n) is 6.08. The largest absolute Gasteiger partial charge is 0.497 e. The number of aryl methyl sites for hydroxylation is 2. The van der Waals surface area contributed by atoms with Crippen molar-refractivity contribution in [3.63, 3.8) is 0 Å². The maximum Gasteiger partial charge on any atom is 0.251 e. The number of amides is 1. The van der Waals surface area contributed by atoms with Gasteiger partial charge in [-0.1, -0.05) is 29.0 Å². The Morgan fingerprint density at radius 3 is 2.53 bits per heavy atom. The van der Waals surface area contributed by atoms with Crippen LogP contribution >= 0.6 is 23.1 Å². The smallest absolute Gasteiger partial charge is 0.251 e. The molecule has 4 rings (SSSR count). The molecule has 0 unspecified atom stereocenters. The molecular weight excluding hydrogens is 490 g/mol. The van der Waals surface area contributed by atoms with Crippen LogP contribution in [0.4, 0.5) is 0 Å². The lowest BCUT2D eigenvalue weighted by molar-refractivity contribution is -0.122. The zero-order valence-electron chi connectivity index (χ0n) is 19.6. The zero-order valence-corrected chi connectivity index (χ0v) is 22.0. The van der Waals surface area contributed by atoms with E-state index in [1.54, 1.807) is 43.1 Å². The van der Waals surface area contributed by atoms with Gasteiger partial charge in [0.15, 0.2) is 4.80 Å². The summed E-state index contributed by atoms with van der Waals surface area (Å²) in [6, 6.07) is 12.8. The lowest BCUT2D eigenvalue weighted by Crippen LogP contribution is -2.40. The first kappa shape index (κ1) is 25.0. The molecule has 1 fully saturated rings. The standard InChI is InChI=1S/C24H29N3O4S3/c1-17-4-7-20(8-5-17)34(29,30)26-12-10-18(11-13-26)23(28)25-24-27(14-15-32-3)21-16-19(31-2)6-9-22(21)33-24/h4-9,16,18H,10-15H2,1-3H3. The molecule has 0 radical (unpaired) electrons. The Morgan fingerprint density at radius 2 is 1.88 bits per heavy atom. The predicted octanol–water partition coefficient (Wildman–Crippen LogP) is 3.91. The van der Waals surface area contributed by atoms with E-state index in [0.717, 1.165) is 33.8 Å². The molecule has 1 saturated heterocycles. The molecule has 1 aromatic heterocycles. The fourth-order valence-corrected chi connectivity index (χ4v) is 6.92. The molecule has 182 valence electrons. The zero-order chi connectivity index (χ0) is 24.3. The Labute approximate surface area is 208 Å². The highest BCUT2D eigenvalue weighted by Crippen LogP contribution is 2.26. The first-order valence-corrected chi connectivity index (χ1v) is 14.8. The summed E-state index contributed by atoms with van der Waals surface area (Å²) in [6.45, 7) is 3.30. The molecule has 0 aliphatic carbocycles. The number of carbonyl (C=O) groups excluding carboxylic acids is 1. The molecule has 0 N–H and O–H groups in total. The molecule has 0 bridgehead atoms. The molecule has 1 aliphatic rings. The van der Waals surface area contributed by atoms with Crippen LogP contribution in [0.15, 0.2) is 52.4 Å². The quantitative estimate of drug-likeness (QED) is 0.473. The van der Waals surface area contributed by atoms with Gasteiger partial charge in [-0.25, -0.2) is 8.42 Å². The van der Waals surface area contributed by atoms with Crippen LogP contribution in [0.25, 0.3) is 10.2 Å². The van der Waals surface area contributed by atoms with Crippen LogP contribution in [-0.4, -0.2) is 55.4 Å². The van der Waals surface area contributed by atoms with Crippen LogP contribution in [0.5, 0.6) is 5.75 Å². The second kappa shape index (κ2) is 10.6. The maximum atomic E-state index is 13.1. The van der Waals surface area contributed by atoms with E-state index in [4.69, 9.17) is 4.74 Å². The Bertz CT molecular complexity index is 1340. The number of rotatable bonds is 7. The number of hydrogen-bond donors (Lipinski definition) is 0. The number of methoxy groups -OCH3 is 1.